The Morgan fingerprint density at radius 2 is 2.23 bits per heavy atom. The van der Waals surface area contributed by atoms with Crippen molar-refractivity contribution in [2.75, 3.05) is 13.6 Å². The van der Waals surface area contributed by atoms with E-state index in [2.05, 4.69) is 18.9 Å². The first kappa shape index (κ1) is 10.9. The third-order valence-corrected chi connectivity index (χ3v) is 2.94. The van der Waals surface area contributed by atoms with E-state index in [9.17, 15) is 0 Å². The fourth-order valence-corrected chi connectivity index (χ4v) is 1.89. The van der Waals surface area contributed by atoms with Crippen LogP contribution in [0.25, 0.3) is 0 Å². The van der Waals surface area contributed by atoms with Crippen LogP contribution in [0.15, 0.2) is 0 Å². The first-order valence-electron chi connectivity index (χ1n) is 5.12. The average Bonchev–Trinajstić information content (AvgIpc) is 2.83. The molecule has 0 amide bonds. The average molecular weight is 200 g/mol. The molecule has 0 aromatic carbocycles. The van der Waals surface area contributed by atoms with E-state index < -0.39 is 0 Å². The van der Waals surface area contributed by atoms with Crippen molar-refractivity contribution >= 4 is 17.2 Å². The van der Waals surface area contributed by atoms with Crippen molar-refractivity contribution in [1.29, 1.82) is 0 Å². The van der Waals surface area contributed by atoms with Crippen LogP contribution in [0, 0.1) is 5.92 Å². The predicted molar refractivity (Wildman–Crippen MR) is 60.8 cm³/mol. The maximum absolute atomic E-state index is 5.56. The second-order valence-electron chi connectivity index (χ2n) is 4.12. The number of rotatable bonds is 6. The van der Waals surface area contributed by atoms with Crippen molar-refractivity contribution in [2.45, 2.75) is 38.6 Å². The molecule has 76 valence electrons. The normalized spacial score (nSPS) is 19.0. The molecule has 0 saturated heterocycles. The summed E-state index contributed by atoms with van der Waals surface area (Å²) in [5.74, 6) is 0.949. The van der Waals surface area contributed by atoms with Crippen LogP contribution in [-0.4, -0.2) is 29.5 Å². The van der Waals surface area contributed by atoms with Crippen LogP contribution in [0.4, 0.5) is 0 Å². The summed E-state index contributed by atoms with van der Waals surface area (Å²) in [5.41, 5.74) is 5.56. The molecule has 1 saturated carbocycles. The lowest BCUT2D eigenvalue weighted by atomic mass is 10.1. The Hall–Kier alpha value is -0.150. The lowest BCUT2D eigenvalue weighted by Gasteiger charge is -2.26. The summed E-state index contributed by atoms with van der Waals surface area (Å²) in [6.45, 7) is 3.42. The minimum absolute atomic E-state index is 0.554. The third-order valence-electron chi connectivity index (χ3n) is 2.77. The van der Waals surface area contributed by atoms with Gasteiger partial charge in [-0.3, -0.25) is 0 Å². The first-order valence-corrected chi connectivity index (χ1v) is 5.52. The van der Waals surface area contributed by atoms with Gasteiger partial charge in [-0.15, -0.1) is 0 Å². The largest absolute Gasteiger partial charge is 0.393 e. The van der Waals surface area contributed by atoms with E-state index in [1.807, 2.05) is 0 Å². The molecule has 1 rings (SSSR count). The zero-order valence-corrected chi connectivity index (χ0v) is 9.44. The van der Waals surface area contributed by atoms with Gasteiger partial charge in [-0.1, -0.05) is 19.1 Å². The second kappa shape index (κ2) is 4.91. The second-order valence-corrected chi connectivity index (χ2v) is 4.64. The van der Waals surface area contributed by atoms with Crippen LogP contribution >= 0.6 is 12.2 Å². The zero-order valence-electron chi connectivity index (χ0n) is 8.62. The van der Waals surface area contributed by atoms with Crippen molar-refractivity contribution in [3.63, 3.8) is 0 Å². The van der Waals surface area contributed by atoms with Crippen LogP contribution < -0.4 is 5.73 Å². The van der Waals surface area contributed by atoms with Crippen molar-refractivity contribution < 1.29 is 0 Å². The van der Waals surface area contributed by atoms with Gasteiger partial charge in [0.15, 0.2) is 0 Å². The monoisotopic (exact) mass is 200 g/mol. The van der Waals surface area contributed by atoms with E-state index >= 15 is 0 Å². The highest BCUT2D eigenvalue weighted by Crippen LogP contribution is 2.30. The maximum Gasteiger partial charge on any atom is 0.0743 e. The van der Waals surface area contributed by atoms with Gasteiger partial charge in [0.05, 0.1) is 4.99 Å². The molecule has 1 atom stereocenters. The summed E-state index contributed by atoms with van der Waals surface area (Å²) in [4.78, 5) is 3.06. The molecule has 3 heteroatoms. The molecule has 0 aromatic heterocycles. The molecule has 0 spiro atoms. The molecule has 1 fully saturated rings. The van der Waals surface area contributed by atoms with Gasteiger partial charge in [-0.05, 0) is 32.2 Å². The molecule has 0 bridgehead atoms. The van der Waals surface area contributed by atoms with Gasteiger partial charge in [0.1, 0.15) is 0 Å². The molecule has 0 radical (unpaired) electrons. The van der Waals surface area contributed by atoms with E-state index in [0.717, 1.165) is 18.8 Å². The molecule has 0 heterocycles. The Kier molecular flexibility index (Phi) is 4.13. The lowest BCUT2D eigenvalue weighted by Crippen LogP contribution is -2.35. The minimum Gasteiger partial charge on any atom is -0.393 e. The Morgan fingerprint density at radius 3 is 2.62 bits per heavy atom. The number of hydrogen-bond acceptors (Lipinski definition) is 2. The highest BCUT2D eigenvalue weighted by molar-refractivity contribution is 7.80. The van der Waals surface area contributed by atoms with E-state index in [4.69, 9.17) is 18.0 Å². The smallest absolute Gasteiger partial charge is 0.0743 e. The van der Waals surface area contributed by atoms with Crippen LogP contribution in [0.2, 0.25) is 0 Å². The summed E-state index contributed by atoms with van der Waals surface area (Å²) >= 11 is 4.94. The van der Waals surface area contributed by atoms with Gasteiger partial charge in [0.2, 0.25) is 0 Å². The molecule has 1 unspecified atom stereocenters. The fourth-order valence-electron chi connectivity index (χ4n) is 1.70. The lowest BCUT2D eigenvalue weighted by molar-refractivity contribution is 0.232. The first-order chi connectivity index (χ1) is 6.13. The predicted octanol–water partition coefficient (Wildman–Crippen LogP) is 1.78. The third kappa shape index (κ3) is 4.05. The van der Waals surface area contributed by atoms with Crippen molar-refractivity contribution in [3.05, 3.63) is 0 Å². The van der Waals surface area contributed by atoms with Crippen molar-refractivity contribution in [3.8, 4) is 0 Å². The Balaban J connectivity index is 2.29. The zero-order chi connectivity index (χ0) is 9.84. The molecule has 0 aromatic rings. The SMILES string of the molecule is CCC(CC(N)=S)N(C)CC1CC1. The molecule has 0 aliphatic heterocycles. The van der Waals surface area contributed by atoms with E-state index in [1.54, 1.807) is 0 Å². The Morgan fingerprint density at radius 1 is 1.62 bits per heavy atom. The van der Waals surface area contributed by atoms with Crippen molar-refractivity contribution in [2.24, 2.45) is 11.7 Å². The number of nitrogens with zero attached hydrogens (tertiary/aromatic N) is 1. The molecule has 13 heavy (non-hydrogen) atoms. The molecule has 1 aliphatic rings. The maximum atomic E-state index is 5.56. The Labute approximate surface area is 86.5 Å². The minimum atomic E-state index is 0.554. The van der Waals surface area contributed by atoms with E-state index in [1.165, 1.54) is 19.4 Å². The Bertz CT molecular complexity index is 178. The standard InChI is InChI=1S/C10H20N2S/c1-3-9(6-10(11)13)12(2)7-8-4-5-8/h8-9H,3-7H2,1-2H3,(H2,11,13). The number of nitrogens with two attached hydrogens (primary N) is 1. The van der Waals surface area contributed by atoms with Gasteiger partial charge in [-0.25, -0.2) is 0 Å². The summed E-state index contributed by atoms with van der Waals surface area (Å²) < 4.78 is 0. The van der Waals surface area contributed by atoms with Crippen LogP contribution in [0.5, 0.6) is 0 Å². The van der Waals surface area contributed by atoms with Gasteiger partial charge in [0.25, 0.3) is 0 Å². The summed E-state index contributed by atoms with van der Waals surface area (Å²) in [7, 11) is 2.19. The highest BCUT2D eigenvalue weighted by atomic mass is 32.1. The number of hydrogen-bond donors (Lipinski definition) is 1. The van der Waals surface area contributed by atoms with Gasteiger partial charge < -0.3 is 10.6 Å². The number of thiocarbonyl (C=S) groups is 1. The van der Waals surface area contributed by atoms with E-state index in [0.29, 0.717) is 11.0 Å². The van der Waals surface area contributed by atoms with Gasteiger partial charge in [0, 0.05) is 19.0 Å². The van der Waals surface area contributed by atoms with Crippen LogP contribution in [-0.2, 0) is 0 Å². The van der Waals surface area contributed by atoms with Crippen LogP contribution in [0.1, 0.15) is 32.6 Å². The van der Waals surface area contributed by atoms with Gasteiger partial charge in [-0.2, -0.15) is 0 Å². The highest BCUT2D eigenvalue weighted by Gasteiger charge is 2.25. The molecule has 2 N–H and O–H groups in total. The summed E-state index contributed by atoms with van der Waals surface area (Å²) in [6.07, 6.45) is 4.83. The topological polar surface area (TPSA) is 29.3 Å². The molecular weight excluding hydrogens is 180 g/mol. The molecular formula is C10H20N2S. The summed E-state index contributed by atoms with van der Waals surface area (Å²) in [6, 6.07) is 0.554. The molecule has 2 nitrogen and oxygen atoms in total. The van der Waals surface area contributed by atoms with E-state index in [-0.39, 0.29) is 0 Å². The quantitative estimate of drug-likeness (QED) is 0.663. The summed E-state index contributed by atoms with van der Waals surface area (Å²) in [5, 5.41) is 0. The van der Waals surface area contributed by atoms with Crippen LogP contribution in [0.3, 0.4) is 0 Å². The molecule has 1 aliphatic carbocycles. The van der Waals surface area contributed by atoms with Crippen molar-refractivity contribution in [1.82, 2.24) is 4.90 Å². The van der Waals surface area contributed by atoms with Gasteiger partial charge >= 0.3 is 0 Å². The fraction of sp³-hybridized carbons (Fsp3) is 0.900.